The van der Waals surface area contributed by atoms with Crippen LogP contribution < -0.4 is 5.32 Å². The monoisotopic (exact) mass is 274 g/mol. The molecule has 1 fully saturated rings. The lowest BCUT2D eigenvalue weighted by Gasteiger charge is -2.19. The minimum absolute atomic E-state index is 0.211. The Morgan fingerprint density at radius 2 is 1.85 bits per heavy atom. The lowest BCUT2D eigenvalue weighted by Crippen LogP contribution is -2.36. The van der Waals surface area contributed by atoms with E-state index >= 15 is 0 Å². The minimum Gasteiger partial charge on any atom is -0.355 e. The Labute approximate surface area is 122 Å². The summed E-state index contributed by atoms with van der Waals surface area (Å²) in [5.41, 5.74) is 0.942. The van der Waals surface area contributed by atoms with Gasteiger partial charge in [-0.05, 0) is 44.5 Å². The number of amides is 1. The number of benzene rings is 1. The molecular formula is C17H26N2O. The minimum atomic E-state index is -0.226. The maximum absolute atomic E-state index is 12.4. The average molecular weight is 274 g/mol. The normalized spacial score (nSPS) is 16.1. The smallest absolute Gasteiger partial charge is 0.230 e. The van der Waals surface area contributed by atoms with E-state index in [-0.39, 0.29) is 11.3 Å². The molecule has 2 rings (SSSR count). The number of hydrogen-bond acceptors (Lipinski definition) is 2. The molecule has 3 nitrogen and oxygen atoms in total. The first-order chi connectivity index (χ1) is 9.73. The van der Waals surface area contributed by atoms with Crippen LogP contribution in [0.4, 0.5) is 0 Å². The summed E-state index contributed by atoms with van der Waals surface area (Å²) in [6, 6.07) is 10.2. The highest BCUT2D eigenvalue weighted by Crippen LogP contribution is 2.48. The van der Waals surface area contributed by atoms with Crippen molar-refractivity contribution in [2.75, 3.05) is 26.2 Å². The molecule has 20 heavy (non-hydrogen) atoms. The lowest BCUT2D eigenvalue weighted by atomic mass is 9.95. The van der Waals surface area contributed by atoms with Crippen molar-refractivity contribution in [3.63, 3.8) is 0 Å². The molecule has 0 spiro atoms. The molecule has 1 amide bonds. The van der Waals surface area contributed by atoms with E-state index in [1.54, 1.807) is 0 Å². The number of carbonyl (C=O) groups excluding carboxylic acids is 1. The van der Waals surface area contributed by atoms with Gasteiger partial charge >= 0.3 is 0 Å². The molecular weight excluding hydrogens is 248 g/mol. The fourth-order valence-corrected chi connectivity index (χ4v) is 2.74. The molecule has 0 unspecified atom stereocenters. The van der Waals surface area contributed by atoms with Crippen LogP contribution in [0.2, 0.25) is 0 Å². The lowest BCUT2D eigenvalue weighted by molar-refractivity contribution is -0.123. The molecule has 1 aliphatic rings. The molecule has 0 aromatic heterocycles. The average Bonchev–Trinajstić information content (AvgIpc) is 3.30. The third-order valence-electron chi connectivity index (χ3n) is 4.34. The Morgan fingerprint density at radius 3 is 2.40 bits per heavy atom. The summed E-state index contributed by atoms with van der Waals surface area (Å²) in [7, 11) is 0. The molecule has 3 heteroatoms. The maximum Gasteiger partial charge on any atom is 0.230 e. The van der Waals surface area contributed by atoms with Gasteiger partial charge < -0.3 is 10.2 Å². The van der Waals surface area contributed by atoms with Gasteiger partial charge in [0.25, 0.3) is 0 Å². The molecule has 1 aliphatic carbocycles. The summed E-state index contributed by atoms with van der Waals surface area (Å²) in [4.78, 5) is 14.8. The largest absolute Gasteiger partial charge is 0.355 e. The van der Waals surface area contributed by atoms with Gasteiger partial charge in [0.2, 0.25) is 5.91 Å². The van der Waals surface area contributed by atoms with Crippen molar-refractivity contribution in [1.29, 1.82) is 0 Å². The zero-order valence-corrected chi connectivity index (χ0v) is 12.7. The molecule has 0 atom stereocenters. The van der Waals surface area contributed by atoms with Crippen LogP contribution in [0.3, 0.4) is 0 Å². The summed E-state index contributed by atoms with van der Waals surface area (Å²) in [5.74, 6) is 0.211. The van der Waals surface area contributed by atoms with E-state index in [0.717, 1.165) is 45.4 Å². The summed E-state index contributed by atoms with van der Waals surface area (Å²) in [5, 5.41) is 3.12. The van der Waals surface area contributed by atoms with Crippen LogP contribution in [0.5, 0.6) is 0 Å². The van der Waals surface area contributed by atoms with Crippen LogP contribution in [0, 0.1) is 0 Å². The molecule has 0 aliphatic heterocycles. The third kappa shape index (κ3) is 3.40. The van der Waals surface area contributed by atoms with Crippen LogP contribution in [0.15, 0.2) is 30.3 Å². The number of nitrogens with one attached hydrogen (secondary N) is 1. The Bertz CT molecular complexity index is 422. The summed E-state index contributed by atoms with van der Waals surface area (Å²) in [6.07, 6.45) is 3.00. The zero-order chi connectivity index (χ0) is 14.4. The first-order valence-electron chi connectivity index (χ1n) is 7.79. The van der Waals surface area contributed by atoms with Gasteiger partial charge in [0.1, 0.15) is 0 Å². The Kier molecular flexibility index (Phi) is 5.18. The number of rotatable bonds is 8. The van der Waals surface area contributed by atoms with Crippen molar-refractivity contribution in [2.45, 2.75) is 38.5 Å². The first-order valence-corrected chi connectivity index (χ1v) is 7.79. The van der Waals surface area contributed by atoms with E-state index in [1.165, 1.54) is 5.56 Å². The highest BCUT2D eigenvalue weighted by molar-refractivity contribution is 5.91. The van der Waals surface area contributed by atoms with Crippen molar-refractivity contribution in [2.24, 2.45) is 0 Å². The molecule has 0 saturated heterocycles. The fourth-order valence-electron chi connectivity index (χ4n) is 2.74. The number of nitrogens with zero attached hydrogens (tertiary/aromatic N) is 1. The molecule has 0 radical (unpaired) electrons. The topological polar surface area (TPSA) is 32.3 Å². The molecule has 110 valence electrons. The molecule has 1 aromatic carbocycles. The van der Waals surface area contributed by atoms with E-state index in [4.69, 9.17) is 0 Å². The highest BCUT2D eigenvalue weighted by Gasteiger charge is 2.50. The van der Waals surface area contributed by atoms with Gasteiger partial charge in [-0.3, -0.25) is 4.79 Å². The standard InChI is InChI=1S/C17H26N2O/c1-3-19(4-2)14-8-13-18-16(20)17(11-12-17)15-9-6-5-7-10-15/h5-7,9-10H,3-4,8,11-14H2,1-2H3,(H,18,20). The molecule has 0 heterocycles. The third-order valence-corrected chi connectivity index (χ3v) is 4.34. The van der Waals surface area contributed by atoms with E-state index < -0.39 is 0 Å². The van der Waals surface area contributed by atoms with Gasteiger partial charge in [0.15, 0.2) is 0 Å². The van der Waals surface area contributed by atoms with Gasteiger partial charge in [-0.25, -0.2) is 0 Å². The van der Waals surface area contributed by atoms with Crippen molar-refractivity contribution in [3.05, 3.63) is 35.9 Å². The SMILES string of the molecule is CCN(CC)CCCNC(=O)C1(c2ccccc2)CC1. The van der Waals surface area contributed by atoms with Crippen LogP contribution in [-0.2, 0) is 10.2 Å². The van der Waals surface area contributed by atoms with E-state index in [9.17, 15) is 4.79 Å². The van der Waals surface area contributed by atoms with Crippen molar-refractivity contribution in [3.8, 4) is 0 Å². The molecule has 1 N–H and O–H groups in total. The zero-order valence-electron chi connectivity index (χ0n) is 12.7. The second-order valence-electron chi connectivity index (χ2n) is 5.58. The Morgan fingerprint density at radius 1 is 1.20 bits per heavy atom. The Balaban J connectivity index is 1.78. The van der Waals surface area contributed by atoms with E-state index in [1.807, 2.05) is 18.2 Å². The van der Waals surface area contributed by atoms with Crippen LogP contribution in [0.25, 0.3) is 0 Å². The highest BCUT2D eigenvalue weighted by atomic mass is 16.2. The van der Waals surface area contributed by atoms with Crippen molar-refractivity contribution in [1.82, 2.24) is 10.2 Å². The van der Waals surface area contributed by atoms with Gasteiger partial charge in [-0.15, -0.1) is 0 Å². The molecule has 0 bridgehead atoms. The quantitative estimate of drug-likeness (QED) is 0.739. The second-order valence-corrected chi connectivity index (χ2v) is 5.58. The predicted octanol–water partition coefficient (Wildman–Crippen LogP) is 2.57. The summed E-state index contributed by atoms with van der Waals surface area (Å²) in [6.45, 7) is 8.36. The fraction of sp³-hybridized carbons (Fsp3) is 0.588. The maximum atomic E-state index is 12.4. The van der Waals surface area contributed by atoms with Gasteiger partial charge in [-0.2, -0.15) is 0 Å². The van der Waals surface area contributed by atoms with Crippen LogP contribution >= 0.6 is 0 Å². The number of carbonyl (C=O) groups is 1. The Hall–Kier alpha value is -1.35. The number of hydrogen-bond donors (Lipinski definition) is 1. The predicted molar refractivity (Wildman–Crippen MR) is 82.8 cm³/mol. The molecule has 1 saturated carbocycles. The first kappa shape index (κ1) is 15.0. The molecule has 1 aromatic rings. The van der Waals surface area contributed by atoms with Crippen LogP contribution in [-0.4, -0.2) is 37.0 Å². The van der Waals surface area contributed by atoms with Gasteiger partial charge in [0, 0.05) is 6.54 Å². The van der Waals surface area contributed by atoms with Gasteiger partial charge in [-0.1, -0.05) is 44.2 Å². The second kappa shape index (κ2) is 6.89. The van der Waals surface area contributed by atoms with Crippen molar-refractivity contribution >= 4 is 5.91 Å². The summed E-state index contributed by atoms with van der Waals surface area (Å²) < 4.78 is 0. The summed E-state index contributed by atoms with van der Waals surface area (Å²) >= 11 is 0. The van der Waals surface area contributed by atoms with E-state index in [0.29, 0.717) is 0 Å². The van der Waals surface area contributed by atoms with Gasteiger partial charge in [0.05, 0.1) is 5.41 Å². The van der Waals surface area contributed by atoms with Crippen molar-refractivity contribution < 1.29 is 4.79 Å². The van der Waals surface area contributed by atoms with Crippen LogP contribution in [0.1, 0.15) is 38.7 Å². The van der Waals surface area contributed by atoms with E-state index in [2.05, 4.69) is 36.2 Å².